The minimum Gasteiger partial charge on any atom is -0.508 e. The van der Waals surface area contributed by atoms with Gasteiger partial charge in [-0.15, -0.1) is 0 Å². The maximum atomic E-state index is 13.6. The molecule has 0 spiro atoms. The van der Waals surface area contributed by atoms with Crippen LogP contribution in [0.15, 0.2) is 46.8 Å². The van der Waals surface area contributed by atoms with E-state index in [2.05, 4.69) is 5.32 Å². The summed E-state index contributed by atoms with van der Waals surface area (Å²) in [5, 5.41) is 13.3. The zero-order valence-electron chi connectivity index (χ0n) is 19.6. The van der Waals surface area contributed by atoms with E-state index >= 15 is 0 Å². The molecule has 0 radical (unpaired) electrons. The fourth-order valence-corrected chi connectivity index (χ4v) is 4.48. The van der Waals surface area contributed by atoms with Gasteiger partial charge in [0.25, 0.3) is 0 Å². The number of esters is 2. The molecule has 0 fully saturated rings. The second-order valence-corrected chi connectivity index (χ2v) is 8.69. The topological polar surface area (TPSA) is 111 Å². The molecule has 2 aliphatic rings. The smallest absolute Gasteiger partial charge is 0.336 e. The number of benzene rings is 1. The Bertz CT molecular complexity index is 1010. The van der Waals surface area contributed by atoms with Crippen LogP contribution in [0, 0.1) is 11.8 Å². The van der Waals surface area contributed by atoms with E-state index in [0.717, 1.165) is 0 Å². The molecular weight excluding hydrogens is 426 g/mol. The summed E-state index contributed by atoms with van der Waals surface area (Å²) in [6.45, 7) is 7.66. The Morgan fingerprint density at radius 3 is 2.61 bits per heavy atom. The highest BCUT2D eigenvalue weighted by Crippen LogP contribution is 2.45. The SMILES string of the molecule is COC(=O)[C@@H]1C(=O)C2=C(C[C@H]1C)NC(C)=C(C(=O)OCCOC(C)C)[C@H]2c1cccc(O)c1. The Labute approximate surface area is 193 Å². The molecule has 8 heteroatoms. The molecule has 0 saturated heterocycles. The predicted octanol–water partition coefficient (Wildman–Crippen LogP) is 2.97. The van der Waals surface area contributed by atoms with Gasteiger partial charge in [0.15, 0.2) is 5.78 Å². The van der Waals surface area contributed by atoms with Gasteiger partial charge in [-0.25, -0.2) is 4.79 Å². The van der Waals surface area contributed by atoms with Crippen molar-refractivity contribution in [1.29, 1.82) is 0 Å². The van der Waals surface area contributed by atoms with E-state index in [4.69, 9.17) is 14.2 Å². The Balaban J connectivity index is 2.04. The first-order chi connectivity index (χ1) is 15.6. The number of phenolic OH excluding ortho intramolecular Hbond substituents is 1. The van der Waals surface area contributed by atoms with Gasteiger partial charge >= 0.3 is 11.9 Å². The molecule has 8 nitrogen and oxygen atoms in total. The fourth-order valence-electron chi connectivity index (χ4n) is 4.48. The van der Waals surface area contributed by atoms with Crippen molar-refractivity contribution in [1.82, 2.24) is 5.32 Å². The lowest BCUT2D eigenvalue weighted by Gasteiger charge is -2.38. The molecule has 0 saturated carbocycles. The molecule has 3 rings (SSSR count). The minimum atomic E-state index is -0.967. The van der Waals surface area contributed by atoms with Crippen LogP contribution in [-0.2, 0) is 28.6 Å². The van der Waals surface area contributed by atoms with Crippen LogP contribution in [0.3, 0.4) is 0 Å². The first-order valence-corrected chi connectivity index (χ1v) is 11.1. The number of phenols is 1. The lowest BCUT2D eigenvalue weighted by Crippen LogP contribution is -2.43. The summed E-state index contributed by atoms with van der Waals surface area (Å²) in [4.78, 5) is 39.2. The number of aromatic hydroxyl groups is 1. The molecule has 0 unspecified atom stereocenters. The van der Waals surface area contributed by atoms with Crippen molar-refractivity contribution in [2.45, 2.75) is 46.1 Å². The van der Waals surface area contributed by atoms with Crippen LogP contribution in [0.1, 0.15) is 45.6 Å². The van der Waals surface area contributed by atoms with Crippen LogP contribution in [0.4, 0.5) is 0 Å². The van der Waals surface area contributed by atoms with Crippen LogP contribution in [0.2, 0.25) is 0 Å². The highest BCUT2D eigenvalue weighted by Gasteiger charge is 2.47. The number of allylic oxidation sites excluding steroid dienone is 3. The predicted molar refractivity (Wildman–Crippen MR) is 120 cm³/mol. The molecule has 1 aliphatic heterocycles. The normalized spacial score (nSPS) is 22.7. The van der Waals surface area contributed by atoms with E-state index in [-0.39, 0.29) is 36.6 Å². The maximum Gasteiger partial charge on any atom is 0.336 e. The van der Waals surface area contributed by atoms with Crippen molar-refractivity contribution in [3.8, 4) is 5.75 Å². The average Bonchev–Trinajstić information content (AvgIpc) is 2.75. The van der Waals surface area contributed by atoms with Gasteiger partial charge < -0.3 is 24.6 Å². The molecule has 2 N–H and O–H groups in total. The summed E-state index contributed by atoms with van der Waals surface area (Å²) >= 11 is 0. The standard InChI is InChI=1S/C25H31NO7/c1-13(2)32-9-10-33-25(30)20-15(4)26-18-11-14(3)19(24(29)31-5)23(28)22(18)21(20)16-7-6-8-17(27)12-16/h6-8,12-14,19,21,26-27H,9-11H2,1-5H3/t14-,19+,21-/m1/s1. The molecule has 0 aromatic heterocycles. The quantitative estimate of drug-likeness (QED) is 0.365. The molecule has 1 aromatic carbocycles. The molecule has 1 aliphatic carbocycles. The van der Waals surface area contributed by atoms with Crippen molar-refractivity contribution in [2.75, 3.05) is 20.3 Å². The highest BCUT2D eigenvalue weighted by atomic mass is 16.6. The van der Waals surface area contributed by atoms with Gasteiger partial charge in [0.1, 0.15) is 18.3 Å². The molecule has 3 atom stereocenters. The van der Waals surface area contributed by atoms with E-state index < -0.39 is 29.6 Å². The number of hydrogen-bond acceptors (Lipinski definition) is 8. The number of ketones is 1. The largest absolute Gasteiger partial charge is 0.508 e. The lowest BCUT2D eigenvalue weighted by molar-refractivity contribution is -0.151. The number of rotatable bonds is 7. The molecule has 0 amide bonds. The number of hydrogen-bond donors (Lipinski definition) is 2. The van der Waals surface area contributed by atoms with Crippen molar-refractivity contribution in [3.63, 3.8) is 0 Å². The molecule has 1 heterocycles. The number of nitrogens with one attached hydrogen (secondary N) is 1. The average molecular weight is 458 g/mol. The summed E-state index contributed by atoms with van der Waals surface area (Å²) < 4.78 is 15.8. The number of carbonyl (C=O) groups excluding carboxylic acids is 3. The molecule has 0 bridgehead atoms. The van der Waals surface area contributed by atoms with E-state index in [1.54, 1.807) is 19.1 Å². The van der Waals surface area contributed by atoms with Crippen LogP contribution in [0.5, 0.6) is 5.75 Å². The van der Waals surface area contributed by atoms with Gasteiger partial charge in [0.05, 0.1) is 25.4 Å². The second-order valence-electron chi connectivity index (χ2n) is 8.69. The number of Topliss-reactive ketones (excluding diaryl/α,β-unsaturated/α-hetero) is 1. The van der Waals surface area contributed by atoms with Gasteiger partial charge in [-0.2, -0.15) is 0 Å². The Morgan fingerprint density at radius 1 is 1.24 bits per heavy atom. The van der Waals surface area contributed by atoms with Crippen molar-refractivity contribution in [2.24, 2.45) is 11.8 Å². The molecule has 178 valence electrons. The first-order valence-electron chi connectivity index (χ1n) is 11.1. The maximum absolute atomic E-state index is 13.6. The fraction of sp³-hybridized carbons (Fsp3) is 0.480. The van der Waals surface area contributed by atoms with Gasteiger partial charge in [0, 0.05) is 22.9 Å². The van der Waals surface area contributed by atoms with Crippen LogP contribution in [0.25, 0.3) is 0 Å². The zero-order chi connectivity index (χ0) is 24.3. The summed E-state index contributed by atoms with van der Waals surface area (Å²) in [6.07, 6.45) is 0.448. The third kappa shape index (κ3) is 5.11. The highest BCUT2D eigenvalue weighted by molar-refractivity contribution is 6.12. The van der Waals surface area contributed by atoms with Crippen LogP contribution < -0.4 is 5.32 Å². The number of carbonyl (C=O) groups is 3. The van der Waals surface area contributed by atoms with E-state index in [0.29, 0.717) is 29.0 Å². The summed E-state index contributed by atoms with van der Waals surface area (Å²) in [7, 11) is 1.25. The Morgan fingerprint density at radius 2 is 1.97 bits per heavy atom. The van der Waals surface area contributed by atoms with E-state index in [9.17, 15) is 19.5 Å². The zero-order valence-corrected chi connectivity index (χ0v) is 19.6. The Kier molecular flexibility index (Phi) is 7.58. The van der Waals surface area contributed by atoms with Crippen molar-refractivity contribution in [3.05, 3.63) is 52.4 Å². The van der Waals surface area contributed by atoms with E-state index in [1.165, 1.54) is 19.2 Å². The number of ether oxygens (including phenoxy) is 3. The summed E-state index contributed by atoms with van der Waals surface area (Å²) in [5.74, 6) is -3.61. The van der Waals surface area contributed by atoms with Crippen LogP contribution in [-0.4, -0.2) is 49.3 Å². The lowest BCUT2D eigenvalue weighted by atomic mass is 9.69. The summed E-state index contributed by atoms with van der Waals surface area (Å²) in [5.41, 5.74) is 2.37. The van der Waals surface area contributed by atoms with Gasteiger partial charge in [-0.3, -0.25) is 9.59 Å². The molecular formula is C25H31NO7. The van der Waals surface area contributed by atoms with Crippen molar-refractivity contribution >= 4 is 17.7 Å². The second kappa shape index (κ2) is 10.2. The minimum absolute atomic E-state index is 0.00466. The molecule has 33 heavy (non-hydrogen) atoms. The number of methoxy groups -OCH3 is 1. The van der Waals surface area contributed by atoms with E-state index in [1.807, 2.05) is 20.8 Å². The Hall–Kier alpha value is -3.13. The van der Waals surface area contributed by atoms with Gasteiger partial charge in [0.2, 0.25) is 0 Å². The van der Waals surface area contributed by atoms with Gasteiger partial charge in [-0.05, 0) is 50.8 Å². The third-order valence-electron chi connectivity index (χ3n) is 5.93. The van der Waals surface area contributed by atoms with Gasteiger partial charge in [-0.1, -0.05) is 19.1 Å². The third-order valence-corrected chi connectivity index (χ3v) is 5.93. The monoisotopic (exact) mass is 457 g/mol. The van der Waals surface area contributed by atoms with Crippen LogP contribution >= 0.6 is 0 Å². The molecule has 1 aromatic rings. The summed E-state index contributed by atoms with van der Waals surface area (Å²) in [6, 6.07) is 6.41. The first kappa shape index (κ1) is 24.5. The number of dihydropyridines is 1. The van der Waals surface area contributed by atoms with Crippen molar-refractivity contribution < 1.29 is 33.7 Å².